The fourth-order valence-electron chi connectivity index (χ4n) is 0.974. The van der Waals surface area contributed by atoms with Crippen molar-refractivity contribution in [1.29, 1.82) is 0 Å². The molecule has 0 amide bonds. The lowest BCUT2D eigenvalue weighted by Crippen LogP contribution is -1.81. The molecule has 0 N–H and O–H groups in total. The van der Waals surface area contributed by atoms with E-state index in [1.807, 2.05) is 6.07 Å². The van der Waals surface area contributed by atoms with Crippen LogP contribution in [0.1, 0.15) is 18.4 Å². The molecule has 0 aliphatic heterocycles. The zero-order valence-corrected chi connectivity index (χ0v) is 6.22. The minimum absolute atomic E-state index is 0. The molecule has 0 unspecified atom stereocenters. The third-order valence-electron chi connectivity index (χ3n) is 1.56. The fourth-order valence-corrected chi connectivity index (χ4v) is 0.974. The number of aryl methyl sites for hydroxylation is 1. The van der Waals surface area contributed by atoms with Gasteiger partial charge < -0.3 is 0 Å². The van der Waals surface area contributed by atoms with Crippen LogP contribution in [-0.4, -0.2) is 17.4 Å². The molecule has 0 atom stereocenters. The van der Waals surface area contributed by atoms with Crippen molar-refractivity contribution in [3.63, 3.8) is 0 Å². The van der Waals surface area contributed by atoms with Crippen LogP contribution in [-0.2, 0) is 6.42 Å². The van der Waals surface area contributed by atoms with E-state index >= 15 is 0 Å². The molecular formula is C10H16Al. The third-order valence-corrected chi connectivity index (χ3v) is 1.56. The summed E-state index contributed by atoms with van der Waals surface area (Å²) in [5.74, 6) is 0. The van der Waals surface area contributed by atoms with Crippen LogP contribution in [0.3, 0.4) is 0 Å². The number of unbranched alkanes of at least 4 members (excludes halogenated alkanes) is 1. The van der Waals surface area contributed by atoms with Gasteiger partial charge in [0.1, 0.15) is 0 Å². The average molecular weight is 163 g/mol. The Morgan fingerprint density at radius 1 is 1.09 bits per heavy atom. The zero-order valence-electron chi connectivity index (χ0n) is 6.22. The van der Waals surface area contributed by atoms with Crippen molar-refractivity contribution in [2.24, 2.45) is 0 Å². The van der Waals surface area contributed by atoms with Crippen molar-refractivity contribution in [2.75, 3.05) is 0 Å². The largest absolute Gasteiger partial charge is 0.187 e. The van der Waals surface area contributed by atoms with Crippen LogP contribution in [0.5, 0.6) is 0 Å². The standard InChI is InChI=1S/C10H13.Al.3H/c1-2-3-7-10-8-5-4-6-9-10;;;;/h4-6,8-9H,1-3,7H2;;;;. The van der Waals surface area contributed by atoms with Crippen LogP contribution < -0.4 is 0 Å². The monoisotopic (exact) mass is 163 g/mol. The van der Waals surface area contributed by atoms with Gasteiger partial charge in [-0.1, -0.05) is 43.7 Å². The lowest BCUT2D eigenvalue weighted by atomic mass is 10.1. The van der Waals surface area contributed by atoms with E-state index in [1.165, 1.54) is 18.4 Å². The van der Waals surface area contributed by atoms with Crippen LogP contribution in [0.25, 0.3) is 0 Å². The SMILES string of the molecule is [AlH3].[CH2]CCCc1ccccc1. The van der Waals surface area contributed by atoms with Gasteiger partial charge in [-0.15, -0.1) is 0 Å². The van der Waals surface area contributed by atoms with Crippen molar-refractivity contribution < 1.29 is 0 Å². The summed E-state index contributed by atoms with van der Waals surface area (Å²) in [5, 5.41) is 0. The Balaban J connectivity index is 0.000001000. The van der Waals surface area contributed by atoms with Crippen LogP contribution in [0, 0.1) is 6.92 Å². The van der Waals surface area contributed by atoms with Gasteiger partial charge in [0.25, 0.3) is 0 Å². The minimum Gasteiger partial charge on any atom is -0.0622 e. The third kappa shape index (κ3) is 4.24. The highest BCUT2D eigenvalue weighted by Gasteiger charge is 1.87. The Morgan fingerprint density at radius 2 is 1.73 bits per heavy atom. The Hall–Kier alpha value is -0.248. The summed E-state index contributed by atoms with van der Waals surface area (Å²) in [5.41, 5.74) is 1.42. The molecule has 0 aromatic heterocycles. The van der Waals surface area contributed by atoms with Crippen molar-refractivity contribution in [3.05, 3.63) is 42.8 Å². The van der Waals surface area contributed by atoms with Gasteiger partial charge in [0.2, 0.25) is 0 Å². The first-order valence-electron chi connectivity index (χ1n) is 3.76. The molecular weight excluding hydrogens is 147 g/mol. The van der Waals surface area contributed by atoms with E-state index in [1.54, 1.807) is 0 Å². The first kappa shape index (κ1) is 10.8. The molecule has 1 rings (SSSR count). The highest BCUT2D eigenvalue weighted by molar-refractivity contribution is 5.75. The predicted octanol–water partition coefficient (Wildman–Crippen LogP) is 1.66. The molecule has 0 nitrogen and oxygen atoms in total. The molecule has 0 aliphatic rings. The van der Waals surface area contributed by atoms with Crippen molar-refractivity contribution in [3.8, 4) is 0 Å². The van der Waals surface area contributed by atoms with Gasteiger partial charge in [-0.3, -0.25) is 0 Å². The maximum Gasteiger partial charge on any atom is 0.187 e. The van der Waals surface area contributed by atoms with Gasteiger partial charge in [0.05, 0.1) is 0 Å². The predicted molar refractivity (Wildman–Crippen MR) is 54.7 cm³/mol. The lowest BCUT2D eigenvalue weighted by molar-refractivity contribution is 0.841. The van der Waals surface area contributed by atoms with Gasteiger partial charge in [0, 0.05) is 0 Å². The molecule has 0 saturated heterocycles. The van der Waals surface area contributed by atoms with Gasteiger partial charge in [-0.2, -0.15) is 0 Å². The summed E-state index contributed by atoms with van der Waals surface area (Å²) in [7, 11) is 0. The van der Waals surface area contributed by atoms with E-state index in [-0.39, 0.29) is 17.4 Å². The summed E-state index contributed by atoms with van der Waals surface area (Å²) >= 11 is 0. The second kappa shape index (κ2) is 6.46. The summed E-state index contributed by atoms with van der Waals surface area (Å²) in [6.07, 6.45) is 3.41. The van der Waals surface area contributed by atoms with E-state index in [9.17, 15) is 0 Å². The summed E-state index contributed by atoms with van der Waals surface area (Å²) in [6.45, 7) is 3.80. The summed E-state index contributed by atoms with van der Waals surface area (Å²) < 4.78 is 0. The summed E-state index contributed by atoms with van der Waals surface area (Å²) in [4.78, 5) is 0. The molecule has 59 valence electrons. The Labute approximate surface area is 79.8 Å². The molecule has 11 heavy (non-hydrogen) atoms. The molecule has 1 aromatic carbocycles. The number of benzene rings is 1. The Morgan fingerprint density at radius 3 is 2.27 bits per heavy atom. The number of hydrogen-bond acceptors (Lipinski definition) is 0. The first-order chi connectivity index (χ1) is 4.93. The van der Waals surface area contributed by atoms with Crippen LogP contribution >= 0.6 is 0 Å². The highest BCUT2D eigenvalue weighted by Crippen LogP contribution is 2.02. The molecule has 0 heterocycles. The Kier molecular flexibility index (Phi) is 6.32. The lowest BCUT2D eigenvalue weighted by Gasteiger charge is -1.96. The molecule has 0 bridgehead atoms. The second-order valence-electron chi connectivity index (χ2n) is 2.44. The van der Waals surface area contributed by atoms with Crippen LogP contribution in [0.15, 0.2) is 30.3 Å². The molecule has 1 aromatic rings. The van der Waals surface area contributed by atoms with E-state index < -0.39 is 0 Å². The maximum absolute atomic E-state index is 3.80. The van der Waals surface area contributed by atoms with Gasteiger partial charge in [-0.05, 0) is 18.4 Å². The van der Waals surface area contributed by atoms with Gasteiger partial charge in [-0.25, -0.2) is 0 Å². The number of rotatable bonds is 3. The molecule has 0 aliphatic carbocycles. The zero-order chi connectivity index (χ0) is 7.23. The van der Waals surface area contributed by atoms with E-state index in [0.717, 1.165) is 6.42 Å². The van der Waals surface area contributed by atoms with Gasteiger partial charge in [0.15, 0.2) is 17.4 Å². The van der Waals surface area contributed by atoms with Crippen molar-refractivity contribution in [2.45, 2.75) is 19.3 Å². The smallest absolute Gasteiger partial charge is 0.0622 e. The molecule has 0 spiro atoms. The topological polar surface area (TPSA) is 0 Å². The van der Waals surface area contributed by atoms with Crippen molar-refractivity contribution >= 4 is 17.4 Å². The molecule has 0 fully saturated rings. The number of hydrogen-bond donors (Lipinski definition) is 0. The van der Waals surface area contributed by atoms with E-state index in [4.69, 9.17) is 0 Å². The van der Waals surface area contributed by atoms with E-state index in [2.05, 4.69) is 31.2 Å². The van der Waals surface area contributed by atoms with E-state index in [0.29, 0.717) is 0 Å². The summed E-state index contributed by atoms with van der Waals surface area (Å²) in [6, 6.07) is 10.5. The van der Waals surface area contributed by atoms with Crippen LogP contribution in [0.4, 0.5) is 0 Å². The minimum atomic E-state index is 0. The second-order valence-corrected chi connectivity index (χ2v) is 2.44. The Bertz CT molecular complexity index is 169. The highest BCUT2D eigenvalue weighted by atomic mass is 27.0. The fraction of sp³-hybridized carbons (Fsp3) is 0.300. The average Bonchev–Trinajstić information content (AvgIpc) is 2.03. The molecule has 0 saturated carbocycles. The quantitative estimate of drug-likeness (QED) is 0.594. The van der Waals surface area contributed by atoms with Crippen molar-refractivity contribution in [1.82, 2.24) is 0 Å². The van der Waals surface area contributed by atoms with Crippen LogP contribution in [0.2, 0.25) is 0 Å². The maximum atomic E-state index is 3.80. The molecule has 1 heteroatoms. The normalized spacial score (nSPS) is 8.82. The first-order valence-corrected chi connectivity index (χ1v) is 3.76. The van der Waals surface area contributed by atoms with Gasteiger partial charge >= 0.3 is 0 Å². The molecule has 1 radical (unpaired) electrons.